The van der Waals surface area contributed by atoms with Gasteiger partial charge in [0.15, 0.2) is 6.61 Å². The molecule has 7 nitrogen and oxygen atoms in total. The number of nitrogens with one attached hydrogen (secondary N) is 1. The first-order valence-corrected chi connectivity index (χ1v) is 11.7. The lowest BCUT2D eigenvalue weighted by Gasteiger charge is -2.16. The molecule has 1 N–H and O–H groups in total. The van der Waals surface area contributed by atoms with E-state index in [1.54, 1.807) is 17.0 Å². The van der Waals surface area contributed by atoms with Crippen LogP contribution in [-0.2, 0) is 16.1 Å². The highest BCUT2D eigenvalue weighted by Crippen LogP contribution is 2.25. The molecule has 1 aliphatic rings. The summed E-state index contributed by atoms with van der Waals surface area (Å²) in [4.78, 5) is 26.2. The zero-order valence-corrected chi connectivity index (χ0v) is 19.3. The number of aromatic nitrogens is 2. The van der Waals surface area contributed by atoms with Crippen molar-refractivity contribution >= 4 is 17.5 Å². The molecule has 0 atom stereocenters. The van der Waals surface area contributed by atoms with E-state index in [1.165, 1.54) is 0 Å². The summed E-state index contributed by atoms with van der Waals surface area (Å²) in [7, 11) is 0. The zero-order chi connectivity index (χ0) is 24.0. The topological polar surface area (TPSA) is 76.5 Å². The summed E-state index contributed by atoms with van der Waals surface area (Å²) in [6.07, 6.45) is 3.42. The Morgan fingerprint density at radius 3 is 2.31 bits per heavy atom. The van der Waals surface area contributed by atoms with Crippen LogP contribution >= 0.6 is 0 Å². The Labute approximate surface area is 204 Å². The highest BCUT2D eigenvalue weighted by atomic mass is 16.5. The molecule has 7 heteroatoms. The number of anilines is 1. The molecule has 0 bridgehead atoms. The normalized spacial score (nSPS) is 13.1. The fourth-order valence-electron chi connectivity index (χ4n) is 4.13. The van der Waals surface area contributed by atoms with E-state index in [4.69, 9.17) is 9.84 Å². The number of para-hydroxylation sites is 1. The minimum absolute atomic E-state index is 0.102. The Balaban J connectivity index is 1.22. The van der Waals surface area contributed by atoms with Crippen LogP contribution < -0.4 is 15.0 Å². The van der Waals surface area contributed by atoms with Crippen LogP contribution in [0.4, 0.5) is 5.69 Å². The maximum absolute atomic E-state index is 12.5. The van der Waals surface area contributed by atoms with Crippen molar-refractivity contribution in [3.8, 4) is 22.7 Å². The van der Waals surface area contributed by atoms with E-state index in [0.717, 1.165) is 41.2 Å². The third-order valence-electron chi connectivity index (χ3n) is 5.93. The summed E-state index contributed by atoms with van der Waals surface area (Å²) in [5.41, 5.74) is 4.52. The molecule has 2 heterocycles. The maximum atomic E-state index is 12.5. The molecule has 2 amide bonds. The minimum atomic E-state index is -0.227. The summed E-state index contributed by atoms with van der Waals surface area (Å²) in [5, 5.41) is 7.71. The molecule has 5 rings (SSSR count). The Kier molecular flexibility index (Phi) is 6.57. The van der Waals surface area contributed by atoms with E-state index >= 15 is 0 Å². The molecule has 0 radical (unpaired) electrons. The van der Waals surface area contributed by atoms with Gasteiger partial charge in [0.2, 0.25) is 5.91 Å². The number of carbonyl (C=O) groups excluding carboxylic acids is 2. The maximum Gasteiger partial charge on any atom is 0.258 e. The van der Waals surface area contributed by atoms with Crippen molar-refractivity contribution < 1.29 is 14.3 Å². The van der Waals surface area contributed by atoms with Crippen LogP contribution in [0.5, 0.6) is 5.75 Å². The Bertz CT molecular complexity index is 1300. The van der Waals surface area contributed by atoms with E-state index in [0.29, 0.717) is 18.7 Å². The molecular weight excluding hydrogens is 440 g/mol. The number of carbonyl (C=O) groups is 2. The second-order valence-electron chi connectivity index (χ2n) is 8.36. The molecule has 176 valence electrons. The molecule has 0 spiro atoms. The number of hydrogen-bond donors (Lipinski definition) is 1. The Morgan fingerprint density at radius 1 is 0.914 bits per heavy atom. The molecule has 0 unspecified atom stereocenters. The van der Waals surface area contributed by atoms with Crippen LogP contribution in [0.2, 0.25) is 0 Å². The third-order valence-corrected chi connectivity index (χ3v) is 5.93. The number of amides is 2. The van der Waals surface area contributed by atoms with Gasteiger partial charge in [0, 0.05) is 42.5 Å². The lowest BCUT2D eigenvalue weighted by atomic mass is 10.1. The summed E-state index contributed by atoms with van der Waals surface area (Å²) >= 11 is 0. The second kappa shape index (κ2) is 10.3. The van der Waals surface area contributed by atoms with Gasteiger partial charge in [-0.1, -0.05) is 48.5 Å². The summed E-state index contributed by atoms with van der Waals surface area (Å²) in [6, 6.07) is 27.1. The molecule has 4 aromatic rings. The largest absolute Gasteiger partial charge is 0.484 e. The van der Waals surface area contributed by atoms with Gasteiger partial charge in [0.1, 0.15) is 5.75 Å². The van der Waals surface area contributed by atoms with Gasteiger partial charge in [0.05, 0.1) is 11.4 Å². The monoisotopic (exact) mass is 466 g/mol. The van der Waals surface area contributed by atoms with E-state index in [1.807, 2.05) is 83.7 Å². The van der Waals surface area contributed by atoms with Gasteiger partial charge in [-0.15, -0.1) is 0 Å². The van der Waals surface area contributed by atoms with Crippen LogP contribution in [0, 0.1) is 0 Å². The number of benzene rings is 3. The number of ether oxygens (including phenoxy) is 1. The quantitative estimate of drug-likeness (QED) is 0.419. The lowest BCUT2D eigenvalue weighted by Crippen LogP contribution is -2.28. The molecule has 1 saturated heterocycles. The van der Waals surface area contributed by atoms with Gasteiger partial charge >= 0.3 is 0 Å². The molecule has 0 saturated carbocycles. The van der Waals surface area contributed by atoms with Crippen LogP contribution in [0.25, 0.3) is 16.9 Å². The SMILES string of the molecule is O=C(COc1ccc(N2CCCC2=O)cc1)NCc1cn(-c2ccccc2)nc1-c1ccccc1. The smallest absolute Gasteiger partial charge is 0.258 e. The average Bonchev–Trinajstić information content (AvgIpc) is 3.54. The lowest BCUT2D eigenvalue weighted by molar-refractivity contribution is -0.123. The van der Waals surface area contributed by atoms with E-state index < -0.39 is 0 Å². The Morgan fingerprint density at radius 2 is 1.63 bits per heavy atom. The van der Waals surface area contributed by atoms with Crippen LogP contribution in [0.3, 0.4) is 0 Å². The van der Waals surface area contributed by atoms with E-state index in [2.05, 4.69) is 5.32 Å². The standard InChI is InChI=1S/C28H26N4O3/c33-26(20-35-25-15-13-23(14-16-25)31-17-7-12-27(31)34)29-18-22-19-32(24-10-5-2-6-11-24)30-28(22)21-8-3-1-4-9-21/h1-6,8-11,13-16,19H,7,12,17-18,20H2,(H,29,33). The van der Waals surface area contributed by atoms with Crippen LogP contribution in [-0.4, -0.2) is 34.7 Å². The number of rotatable bonds is 8. The van der Waals surface area contributed by atoms with Gasteiger partial charge in [-0.05, 0) is 42.8 Å². The number of hydrogen-bond acceptors (Lipinski definition) is 4. The van der Waals surface area contributed by atoms with E-state index in [9.17, 15) is 9.59 Å². The zero-order valence-electron chi connectivity index (χ0n) is 19.3. The van der Waals surface area contributed by atoms with Crippen molar-refractivity contribution in [3.63, 3.8) is 0 Å². The van der Waals surface area contributed by atoms with Crippen molar-refractivity contribution in [3.05, 3.63) is 96.7 Å². The van der Waals surface area contributed by atoms with Crippen molar-refractivity contribution in [2.24, 2.45) is 0 Å². The highest BCUT2D eigenvalue weighted by Gasteiger charge is 2.21. The molecule has 35 heavy (non-hydrogen) atoms. The fourth-order valence-corrected chi connectivity index (χ4v) is 4.13. The van der Waals surface area contributed by atoms with Crippen molar-refractivity contribution in [2.75, 3.05) is 18.1 Å². The van der Waals surface area contributed by atoms with Crippen molar-refractivity contribution in [1.82, 2.24) is 15.1 Å². The van der Waals surface area contributed by atoms with Crippen LogP contribution in [0.15, 0.2) is 91.1 Å². The minimum Gasteiger partial charge on any atom is -0.484 e. The molecular formula is C28H26N4O3. The van der Waals surface area contributed by atoms with Gasteiger partial charge < -0.3 is 15.0 Å². The second-order valence-corrected chi connectivity index (χ2v) is 8.36. The summed E-state index contributed by atoms with van der Waals surface area (Å²) in [6.45, 7) is 0.970. The van der Waals surface area contributed by atoms with Crippen molar-refractivity contribution in [2.45, 2.75) is 19.4 Å². The van der Waals surface area contributed by atoms with Gasteiger partial charge in [-0.3, -0.25) is 9.59 Å². The first kappa shape index (κ1) is 22.4. The van der Waals surface area contributed by atoms with Crippen LogP contribution in [0.1, 0.15) is 18.4 Å². The first-order valence-electron chi connectivity index (χ1n) is 11.7. The Hall–Kier alpha value is -4.39. The fraction of sp³-hybridized carbons (Fsp3) is 0.179. The average molecular weight is 467 g/mol. The molecule has 3 aromatic carbocycles. The highest BCUT2D eigenvalue weighted by molar-refractivity contribution is 5.95. The molecule has 1 aromatic heterocycles. The summed E-state index contributed by atoms with van der Waals surface area (Å²) < 4.78 is 7.48. The summed E-state index contributed by atoms with van der Waals surface area (Å²) in [5.74, 6) is 0.496. The molecule has 1 fully saturated rings. The predicted molar refractivity (Wildman–Crippen MR) is 134 cm³/mol. The predicted octanol–water partition coefficient (Wildman–Crippen LogP) is 4.36. The van der Waals surface area contributed by atoms with Gasteiger partial charge in [0.25, 0.3) is 5.91 Å². The third kappa shape index (κ3) is 5.24. The number of nitrogens with zero attached hydrogens (tertiary/aromatic N) is 3. The van der Waals surface area contributed by atoms with Gasteiger partial charge in [-0.2, -0.15) is 5.10 Å². The molecule has 0 aliphatic carbocycles. The van der Waals surface area contributed by atoms with Gasteiger partial charge in [-0.25, -0.2) is 4.68 Å². The molecule has 1 aliphatic heterocycles. The van der Waals surface area contributed by atoms with E-state index in [-0.39, 0.29) is 18.4 Å². The van der Waals surface area contributed by atoms with Crippen molar-refractivity contribution in [1.29, 1.82) is 0 Å². The first-order chi connectivity index (χ1) is 17.2.